The van der Waals surface area contributed by atoms with Crippen molar-refractivity contribution in [3.63, 3.8) is 0 Å². The summed E-state index contributed by atoms with van der Waals surface area (Å²) >= 11 is 0. The molecule has 18 heavy (non-hydrogen) atoms. The van der Waals surface area contributed by atoms with Crippen LogP contribution < -0.4 is 39.4 Å². The van der Waals surface area contributed by atoms with E-state index in [0.29, 0.717) is 17.1 Å². The first-order chi connectivity index (χ1) is 8.13. The van der Waals surface area contributed by atoms with E-state index in [9.17, 15) is 9.90 Å². The first-order valence-corrected chi connectivity index (χ1v) is 4.88. The third-order valence-electron chi connectivity index (χ3n) is 2.34. The average molecular weight is 255 g/mol. The van der Waals surface area contributed by atoms with E-state index in [1.165, 1.54) is 25.0 Å². The van der Waals surface area contributed by atoms with Gasteiger partial charge in [-0.3, -0.25) is 4.68 Å². The molecule has 0 radical (unpaired) electrons. The Morgan fingerprint density at radius 1 is 1.44 bits per heavy atom. The predicted octanol–water partition coefficient (Wildman–Crippen LogP) is -3.14. The Bertz CT molecular complexity index is 568. The van der Waals surface area contributed by atoms with E-state index in [-0.39, 0.29) is 35.3 Å². The van der Waals surface area contributed by atoms with Crippen LogP contribution in [0.4, 0.5) is 0 Å². The van der Waals surface area contributed by atoms with Crippen LogP contribution in [-0.2, 0) is 7.05 Å². The summed E-state index contributed by atoms with van der Waals surface area (Å²) in [5, 5.41) is 14.9. The molecule has 0 aromatic carbocycles. The van der Waals surface area contributed by atoms with Crippen molar-refractivity contribution in [1.29, 1.82) is 0 Å². The van der Waals surface area contributed by atoms with Gasteiger partial charge < -0.3 is 14.6 Å². The van der Waals surface area contributed by atoms with Gasteiger partial charge in [0, 0.05) is 18.7 Å². The molecule has 0 amide bonds. The number of aryl methyl sites for hydroxylation is 1. The van der Waals surface area contributed by atoms with Crippen LogP contribution >= 0.6 is 0 Å². The third-order valence-corrected chi connectivity index (χ3v) is 2.34. The zero-order valence-electron chi connectivity index (χ0n) is 10.4. The number of methoxy groups -OCH3 is 1. The maximum absolute atomic E-state index is 11.0. The second-order valence-corrected chi connectivity index (χ2v) is 3.38. The van der Waals surface area contributed by atoms with Crippen LogP contribution in [0.1, 0.15) is 10.5 Å². The topological polar surface area (TPSA) is 80.1 Å². The van der Waals surface area contributed by atoms with Crippen LogP contribution in [0, 0.1) is 0 Å². The molecule has 0 aliphatic rings. The summed E-state index contributed by atoms with van der Waals surface area (Å²) in [7, 11) is 3.03. The Morgan fingerprint density at radius 2 is 2.17 bits per heavy atom. The Hall–Kier alpha value is -1.37. The standard InChI is InChI=1S/C11H11N3O3.Na/c1-14-10(11(15)16)7(6-12-14)8-4-3-5-9(13-8)17-2;/h3-6H,1-2H3,(H,15,16);/q;+1/p-1. The number of carbonyl (C=O) groups excluding carboxylic acids is 1. The van der Waals surface area contributed by atoms with Crippen LogP contribution in [0.3, 0.4) is 0 Å². The van der Waals surface area contributed by atoms with Gasteiger partial charge in [0.05, 0.1) is 30.7 Å². The molecule has 0 bridgehead atoms. The van der Waals surface area contributed by atoms with Crippen molar-refractivity contribution in [2.45, 2.75) is 0 Å². The van der Waals surface area contributed by atoms with Gasteiger partial charge in [0.2, 0.25) is 5.88 Å². The fourth-order valence-electron chi connectivity index (χ4n) is 1.55. The second-order valence-electron chi connectivity index (χ2n) is 3.38. The van der Waals surface area contributed by atoms with Gasteiger partial charge in [-0.1, -0.05) is 6.07 Å². The monoisotopic (exact) mass is 255 g/mol. The molecule has 0 saturated heterocycles. The van der Waals surface area contributed by atoms with E-state index in [1.807, 2.05) is 0 Å². The van der Waals surface area contributed by atoms with E-state index < -0.39 is 5.97 Å². The number of nitrogens with zero attached hydrogens (tertiary/aromatic N) is 3. The summed E-state index contributed by atoms with van der Waals surface area (Å²) < 4.78 is 6.22. The fourth-order valence-corrected chi connectivity index (χ4v) is 1.55. The number of aromatic carboxylic acids is 1. The van der Waals surface area contributed by atoms with Gasteiger partial charge in [0.25, 0.3) is 0 Å². The van der Waals surface area contributed by atoms with Crippen molar-refractivity contribution in [1.82, 2.24) is 14.8 Å². The molecular formula is C11H10N3NaO3. The zero-order valence-corrected chi connectivity index (χ0v) is 12.4. The smallest absolute Gasteiger partial charge is 0.543 e. The molecule has 0 saturated carbocycles. The number of ether oxygens (including phenoxy) is 1. The average Bonchev–Trinajstić information content (AvgIpc) is 2.71. The van der Waals surface area contributed by atoms with Crippen molar-refractivity contribution in [3.8, 4) is 17.1 Å². The number of rotatable bonds is 3. The second kappa shape index (κ2) is 5.99. The molecule has 0 aliphatic carbocycles. The number of carbonyl (C=O) groups is 1. The third kappa shape index (κ3) is 2.72. The number of aromatic nitrogens is 3. The van der Waals surface area contributed by atoms with Gasteiger partial charge in [-0.2, -0.15) is 5.10 Å². The molecule has 0 spiro atoms. The van der Waals surface area contributed by atoms with Gasteiger partial charge in [0.15, 0.2) is 0 Å². The van der Waals surface area contributed by atoms with E-state index in [0.717, 1.165) is 0 Å². The van der Waals surface area contributed by atoms with E-state index in [4.69, 9.17) is 4.74 Å². The Balaban J connectivity index is 0.00000162. The Morgan fingerprint density at radius 3 is 2.78 bits per heavy atom. The van der Waals surface area contributed by atoms with Crippen molar-refractivity contribution in [2.75, 3.05) is 7.11 Å². The summed E-state index contributed by atoms with van der Waals surface area (Å²) in [6, 6.07) is 5.09. The molecule has 88 valence electrons. The Labute approximate surface area is 126 Å². The van der Waals surface area contributed by atoms with Crippen LogP contribution in [0.2, 0.25) is 0 Å². The maximum Gasteiger partial charge on any atom is 1.00 e. The van der Waals surface area contributed by atoms with Gasteiger partial charge in [-0.15, -0.1) is 0 Å². The molecule has 0 aliphatic heterocycles. The number of pyridine rings is 1. The molecule has 0 N–H and O–H groups in total. The number of carboxylic acid groups (broad SMARTS) is 1. The summed E-state index contributed by atoms with van der Waals surface area (Å²) in [6.07, 6.45) is 1.44. The molecule has 0 unspecified atom stereocenters. The summed E-state index contributed by atoms with van der Waals surface area (Å²) in [5.74, 6) is -0.875. The van der Waals surface area contributed by atoms with Crippen molar-refractivity contribution in [2.24, 2.45) is 7.05 Å². The molecule has 2 aromatic heterocycles. The SMILES string of the molecule is COc1cccc(-c2cnn(C)c2C(=O)[O-])n1.[Na+]. The molecule has 2 aromatic rings. The maximum atomic E-state index is 11.0. The molecule has 2 heterocycles. The van der Waals surface area contributed by atoms with Gasteiger partial charge in [-0.25, -0.2) is 4.98 Å². The number of hydrogen-bond acceptors (Lipinski definition) is 5. The zero-order chi connectivity index (χ0) is 12.4. The van der Waals surface area contributed by atoms with Crippen molar-refractivity contribution < 1.29 is 44.2 Å². The van der Waals surface area contributed by atoms with E-state index in [2.05, 4.69) is 10.1 Å². The fraction of sp³-hybridized carbons (Fsp3) is 0.182. The Kier molecular flexibility index (Phi) is 4.89. The minimum atomic E-state index is -1.29. The molecule has 6 nitrogen and oxygen atoms in total. The predicted molar refractivity (Wildman–Crippen MR) is 57.3 cm³/mol. The van der Waals surface area contributed by atoms with Gasteiger partial charge in [-0.05, 0) is 6.07 Å². The quantitative estimate of drug-likeness (QED) is 0.541. The molecule has 2 rings (SSSR count). The van der Waals surface area contributed by atoms with Crippen molar-refractivity contribution >= 4 is 5.97 Å². The van der Waals surface area contributed by atoms with E-state index in [1.54, 1.807) is 18.2 Å². The molecule has 0 atom stereocenters. The van der Waals surface area contributed by atoms with Gasteiger partial charge in [0.1, 0.15) is 0 Å². The summed E-state index contributed by atoms with van der Waals surface area (Å²) in [6.45, 7) is 0. The molecule has 0 fully saturated rings. The number of carboxylic acids is 1. The summed E-state index contributed by atoms with van der Waals surface area (Å²) in [4.78, 5) is 15.2. The van der Waals surface area contributed by atoms with Gasteiger partial charge >= 0.3 is 29.6 Å². The van der Waals surface area contributed by atoms with Crippen LogP contribution in [0.5, 0.6) is 5.88 Å². The van der Waals surface area contributed by atoms with Crippen LogP contribution in [0.15, 0.2) is 24.4 Å². The summed E-state index contributed by atoms with van der Waals surface area (Å²) in [5.41, 5.74) is 0.883. The van der Waals surface area contributed by atoms with Crippen molar-refractivity contribution in [3.05, 3.63) is 30.1 Å². The van der Waals surface area contributed by atoms with E-state index >= 15 is 0 Å². The molecular weight excluding hydrogens is 245 g/mol. The first-order valence-electron chi connectivity index (χ1n) is 4.88. The largest absolute Gasteiger partial charge is 1.00 e. The normalized spacial score (nSPS) is 9.67. The van der Waals surface area contributed by atoms with Crippen LogP contribution in [-0.4, -0.2) is 27.8 Å². The van der Waals surface area contributed by atoms with Crippen LogP contribution in [0.25, 0.3) is 11.3 Å². The molecule has 7 heteroatoms. The first kappa shape index (κ1) is 14.7. The number of hydrogen-bond donors (Lipinski definition) is 0. The minimum absolute atomic E-state index is 0. The minimum Gasteiger partial charge on any atom is -0.543 e.